The minimum atomic E-state index is -1.09. The van der Waals surface area contributed by atoms with E-state index in [1.54, 1.807) is 4.57 Å². The summed E-state index contributed by atoms with van der Waals surface area (Å²) < 4.78 is 7.72. The van der Waals surface area contributed by atoms with Gasteiger partial charge in [0, 0.05) is 18.8 Å². The van der Waals surface area contributed by atoms with Gasteiger partial charge in [-0.25, -0.2) is 19.7 Å². The van der Waals surface area contributed by atoms with Crippen molar-refractivity contribution < 1.29 is 19.7 Å². The Morgan fingerprint density at radius 3 is 2.60 bits per heavy atom. The molecule has 0 saturated carbocycles. The highest BCUT2D eigenvalue weighted by Gasteiger charge is 2.40. The van der Waals surface area contributed by atoms with Crippen LogP contribution in [0.2, 0.25) is 0 Å². The van der Waals surface area contributed by atoms with Crippen LogP contribution in [0.25, 0.3) is 11.2 Å². The fourth-order valence-electron chi connectivity index (χ4n) is 4.98. The number of benzene rings is 1. The molecule has 1 saturated heterocycles. The molecule has 1 aromatic carbocycles. The lowest BCUT2D eigenvalue weighted by Crippen LogP contribution is -2.54. The van der Waals surface area contributed by atoms with Gasteiger partial charge in [0.25, 0.3) is 0 Å². The molecule has 40 heavy (non-hydrogen) atoms. The van der Waals surface area contributed by atoms with Crippen molar-refractivity contribution in [2.24, 2.45) is 0 Å². The van der Waals surface area contributed by atoms with Gasteiger partial charge in [-0.2, -0.15) is 0 Å². The fourth-order valence-corrected chi connectivity index (χ4v) is 4.98. The molecule has 2 amide bonds. The minimum Gasteiger partial charge on any atom is -0.388 e. The summed E-state index contributed by atoms with van der Waals surface area (Å²) in [6.45, 7) is 11.2. The van der Waals surface area contributed by atoms with Crippen LogP contribution in [0.5, 0.6) is 0 Å². The molecule has 4 atom stereocenters. The molecule has 6 N–H and O–H groups in total. The molecule has 0 bridgehead atoms. The van der Waals surface area contributed by atoms with Crippen molar-refractivity contribution in [1.29, 1.82) is 0 Å². The molecule has 0 aliphatic carbocycles. The Bertz CT molecular complexity index is 1260. The number of nitrogens with one attached hydrogen (secondary N) is 2. The largest absolute Gasteiger partial charge is 0.388 e. The molecular weight excluding hydrogens is 512 g/mol. The summed E-state index contributed by atoms with van der Waals surface area (Å²) in [4.78, 5) is 27.0. The van der Waals surface area contributed by atoms with E-state index in [1.165, 1.54) is 18.2 Å². The van der Waals surface area contributed by atoms with Gasteiger partial charge in [-0.15, -0.1) is 0 Å². The Balaban J connectivity index is 1.24. The lowest BCUT2D eigenvalue weighted by molar-refractivity contribution is -0.163. The van der Waals surface area contributed by atoms with Crippen LogP contribution in [0, 0.1) is 0 Å². The number of ether oxygens (including phenoxy) is 1. The molecule has 3 heterocycles. The van der Waals surface area contributed by atoms with Gasteiger partial charge < -0.3 is 40.8 Å². The highest BCUT2D eigenvalue weighted by Crippen LogP contribution is 2.28. The Labute approximate surface area is 235 Å². The summed E-state index contributed by atoms with van der Waals surface area (Å²) >= 11 is 0. The van der Waals surface area contributed by atoms with Gasteiger partial charge in [-0.05, 0) is 49.0 Å². The van der Waals surface area contributed by atoms with Crippen LogP contribution in [-0.2, 0) is 10.2 Å². The predicted molar refractivity (Wildman–Crippen MR) is 154 cm³/mol. The lowest BCUT2D eigenvalue weighted by Gasteiger charge is -2.40. The van der Waals surface area contributed by atoms with Crippen LogP contribution in [0.1, 0.15) is 52.1 Å². The van der Waals surface area contributed by atoms with Gasteiger partial charge in [0.2, 0.25) is 0 Å². The molecule has 2 unspecified atom stereocenters. The Morgan fingerprint density at radius 2 is 1.90 bits per heavy atom. The third-order valence-electron chi connectivity index (χ3n) is 7.27. The second-order valence-electron chi connectivity index (χ2n) is 11.4. The minimum absolute atomic E-state index is 0.0586. The molecule has 1 aliphatic rings. The van der Waals surface area contributed by atoms with Crippen molar-refractivity contribution in [2.45, 2.75) is 70.3 Å². The highest BCUT2D eigenvalue weighted by molar-refractivity contribution is 5.89. The number of urea groups is 1. The van der Waals surface area contributed by atoms with E-state index in [-0.39, 0.29) is 23.9 Å². The SMILES string of the molecule is CCCN(CCCNC(=O)Nc1ccc(C(C)(C)C)cc1)C[C@H]1OCC(n2cnc3c(N)ncnc32)C(O)[C@@H]1O. The summed E-state index contributed by atoms with van der Waals surface area (Å²) in [5, 5.41) is 27.7. The van der Waals surface area contributed by atoms with Crippen molar-refractivity contribution in [3.8, 4) is 0 Å². The van der Waals surface area contributed by atoms with E-state index >= 15 is 0 Å². The summed E-state index contributed by atoms with van der Waals surface area (Å²) in [6, 6.07) is 7.08. The van der Waals surface area contributed by atoms with Crippen LogP contribution in [-0.4, -0.2) is 91.8 Å². The Morgan fingerprint density at radius 1 is 1.15 bits per heavy atom. The number of nitrogens with zero attached hydrogens (tertiary/aromatic N) is 5. The van der Waals surface area contributed by atoms with E-state index in [0.29, 0.717) is 30.8 Å². The number of carbonyl (C=O) groups is 1. The zero-order chi connectivity index (χ0) is 28.9. The quantitative estimate of drug-likeness (QED) is 0.237. The van der Waals surface area contributed by atoms with Gasteiger partial charge in [0.05, 0.1) is 25.1 Å². The summed E-state index contributed by atoms with van der Waals surface area (Å²) in [5.41, 5.74) is 8.83. The molecule has 4 rings (SSSR count). The number of carbonyl (C=O) groups excluding carboxylic acids is 1. The first kappa shape index (κ1) is 29.7. The number of hydrogen-bond acceptors (Lipinski definition) is 9. The van der Waals surface area contributed by atoms with Crippen LogP contribution in [0.3, 0.4) is 0 Å². The van der Waals surface area contributed by atoms with Gasteiger partial charge in [-0.3, -0.25) is 0 Å². The maximum Gasteiger partial charge on any atom is 0.319 e. The summed E-state index contributed by atoms with van der Waals surface area (Å²) in [7, 11) is 0. The summed E-state index contributed by atoms with van der Waals surface area (Å²) in [5.74, 6) is 0.255. The number of aromatic nitrogens is 4. The van der Waals surface area contributed by atoms with Crippen molar-refractivity contribution in [3.63, 3.8) is 0 Å². The molecule has 1 aliphatic heterocycles. The maximum atomic E-state index is 12.4. The number of fused-ring (bicyclic) bond motifs is 1. The number of hydrogen-bond donors (Lipinski definition) is 5. The molecule has 1 fully saturated rings. The molecule has 0 radical (unpaired) electrons. The van der Waals surface area contributed by atoms with Gasteiger partial charge in [0.15, 0.2) is 11.5 Å². The second-order valence-corrected chi connectivity index (χ2v) is 11.4. The third-order valence-corrected chi connectivity index (χ3v) is 7.27. The summed E-state index contributed by atoms with van der Waals surface area (Å²) in [6.07, 6.45) is 1.81. The topological polar surface area (TPSA) is 164 Å². The predicted octanol–water partition coefficient (Wildman–Crippen LogP) is 2.29. The highest BCUT2D eigenvalue weighted by atomic mass is 16.5. The first-order valence-corrected chi connectivity index (χ1v) is 13.9. The van der Waals surface area contributed by atoms with Crippen LogP contribution in [0.4, 0.5) is 16.3 Å². The van der Waals surface area contributed by atoms with E-state index in [0.717, 1.165) is 25.1 Å². The van der Waals surface area contributed by atoms with Crippen molar-refractivity contribution in [3.05, 3.63) is 42.5 Å². The van der Waals surface area contributed by atoms with Gasteiger partial charge >= 0.3 is 6.03 Å². The van der Waals surface area contributed by atoms with E-state index in [9.17, 15) is 15.0 Å². The van der Waals surface area contributed by atoms with E-state index in [4.69, 9.17) is 10.5 Å². The smallest absolute Gasteiger partial charge is 0.319 e. The normalized spacial score (nSPS) is 21.6. The zero-order valence-electron chi connectivity index (χ0n) is 23.7. The fraction of sp³-hybridized carbons (Fsp3) is 0.571. The molecule has 2 aromatic heterocycles. The average Bonchev–Trinajstić information content (AvgIpc) is 3.34. The third kappa shape index (κ3) is 7.05. The van der Waals surface area contributed by atoms with Crippen LogP contribution in [0.15, 0.2) is 36.9 Å². The van der Waals surface area contributed by atoms with Crippen LogP contribution >= 0.6 is 0 Å². The molecule has 3 aromatic rings. The number of aliphatic hydroxyl groups excluding tert-OH is 2. The van der Waals surface area contributed by atoms with Crippen molar-refractivity contribution in [2.75, 3.05) is 43.8 Å². The molecule has 218 valence electrons. The number of anilines is 2. The van der Waals surface area contributed by atoms with E-state index < -0.39 is 24.4 Å². The first-order chi connectivity index (χ1) is 19.1. The standard InChI is InChI=1S/C28H42N8O4/c1-5-12-35(13-6-11-30-27(39)34-19-9-7-18(8-10-19)28(2,3)4)14-21-24(38)23(37)20(15-40-21)36-17-33-22-25(29)31-16-32-26(22)36/h7-10,16-17,20-21,23-24,37-38H,5-6,11-15H2,1-4H3,(H2,29,31,32)(H2,30,34,39)/t20?,21-,23?,24-/m1/s1. The van der Waals surface area contributed by atoms with Gasteiger partial charge in [-0.1, -0.05) is 39.8 Å². The molecule has 0 spiro atoms. The Kier molecular flexibility index (Phi) is 9.56. The van der Waals surface area contributed by atoms with Crippen molar-refractivity contribution in [1.82, 2.24) is 29.7 Å². The molecule has 12 heteroatoms. The van der Waals surface area contributed by atoms with Crippen LogP contribution < -0.4 is 16.4 Å². The monoisotopic (exact) mass is 554 g/mol. The molecule has 12 nitrogen and oxygen atoms in total. The van der Waals surface area contributed by atoms with Gasteiger partial charge in [0.1, 0.15) is 24.1 Å². The number of imidazole rings is 1. The van der Waals surface area contributed by atoms with Crippen molar-refractivity contribution >= 4 is 28.7 Å². The van der Waals surface area contributed by atoms with E-state index in [2.05, 4.69) is 58.2 Å². The number of nitrogens with two attached hydrogens (primary N) is 1. The number of aliphatic hydroxyl groups is 2. The first-order valence-electron chi connectivity index (χ1n) is 13.9. The number of nitrogen functional groups attached to an aromatic ring is 1. The van der Waals surface area contributed by atoms with E-state index in [1.807, 2.05) is 24.3 Å². The molecular formula is C28H42N8O4. The number of rotatable bonds is 10. The zero-order valence-corrected chi connectivity index (χ0v) is 23.7. The maximum absolute atomic E-state index is 12.4. The number of amides is 2. The Hall–Kier alpha value is -3.32. The lowest BCUT2D eigenvalue weighted by atomic mass is 9.87. The average molecular weight is 555 g/mol. The second kappa shape index (κ2) is 12.9.